The zero-order valence-corrected chi connectivity index (χ0v) is 14.3. The first-order chi connectivity index (χ1) is 10.0. The summed E-state index contributed by atoms with van der Waals surface area (Å²) in [6, 6.07) is 13.4. The van der Waals surface area contributed by atoms with E-state index in [1.165, 1.54) is 0 Å². The molecule has 2 aromatic rings. The number of hydrogen-bond donors (Lipinski definition) is 1. The van der Waals surface area contributed by atoms with Gasteiger partial charge in [-0.25, -0.2) is 0 Å². The molecule has 5 heteroatoms. The number of halogens is 2. The van der Waals surface area contributed by atoms with Crippen LogP contribution in [0.25, 0.3) is 0 Å². The molecule has 3 nitrogen and oxygen atoms in total. The van der Waals surface area contributed by atoms with Crippen LogP contribution in [0.4, 0.5) is 11.4 Å². The van der Waals surface area contributed by atoms with Crippen LogP contribution in [0.15, 0.2) is 52.0 Å². The van der Waals surface area contributed by atoms with E-state index in [-0.39, 0.29) is 0 Å². The summed E-state index contributed by atoms with van der Waals surface area (Å²) in [5.41, 5.74) is 9.40. The number of hydrazone groups is 1. The Hall–Kier alpha value is -1.52. The largest absolute Gasteiger partial charge is 0.398 e. The summed E-state index contributed by atoms with van der Waals surface area (Å²) < 4.78 is 1.04. The van der Waals surface area contributed by atoms with Gasteiger partial charge in [0.2, 0.25) is 0 Å². The Morgan fingerprint density at radius 2 is 1.90 bits per heavy atom. The summed E-state index contributed by atoms with van der Waals surface area (Å²) in [5.74, 6) is 0. The Labute approximate surface area is 138 Å². The molecule has 110 valence electrons. The van der Waals surface area contributed by atoms with Gasteiger partial charge in [0.15, 0.2) is 0 Å². The van der Waals surface area contributed by atoms with Gasteiger partial charge in [-0.2, -0.15) is 5.10 Å². The fourth-order valence-corrected chi connectivity index (χ4v) is 2.44. The van der Waals surface area contributed by atoms with Crippen LogP contribution >= 0.6 is 27.5 Å². The zero-order chi connectivity index (χ0) is 15.4. The van der Waals surface area contributed by atoms with Crippen LogP contribution in [0, 0.1) is 0 Å². The van der Waals surface area contributed by atoms with Crippen molar-refractivity contribution < 1.29 is 0 Å². The van der Waals surface area contributed by atoms with Gasteiger partial charge in [0.05, 0.1) is 11.4 Å². The minimum Gasteiger partial charge on any atom is -0.398 e. The van der Waals surface area contributed by atoms with Crippen LogP contribution < -0.4 is 10.7 Å². The maximum absolute atomic E-state index is 6.04. The lowest BCUT2D eigenvalue weighted by Crippen LogP contribution is -2.18. The van der Waals surface area contributed by atoms with E-state index in [0.717, 1.165) is 28.0 Å². The highest BCUT2D eigenvalue weighted by atomic mass is 79.9. The number of benzene rings is 2. The Balaban J connectivity index is 2.34. The van der Waals surface area contributed by atoms with E-state index in [1.807, 2.05) is 42.3 Å². The topological polar surface area (TPSA) is 41.6 Å². The molecule has 0 aliphatic carbocycles. The molecule has 0 radical (unpaired) electrons. The first-order valence-electron chi connectivity index (χ1n) is 6.65. The molecule has 0 atom stereocenters. The van der Waals surface area contributed by atoms with Gasteiger partial charge in [-0.15, -0.1) is 0 Å². The average molecular weight is 367 g/mol. The van der Waals surface area contributed by atoms with Crippen LogP contribution in [-0.2, 0) is 0 Å². The molecular weight excluding hydrogens is 350 g/mol. The van der Waals surface area contributed by atoms with Gasteiger partial charge < -0.3 is 5.73 Å². The van der Waals surface area contributed by atoms with Gasteiger partial charge in [0, 0.05) is 27.3 Å². The summed E-state index contributed by atoms with van der Waals surface area (Å²) in [6.45, 7) is 4.75. The molecule has 0 bridgehead atoms. The second-order valence-corrected chi connectivity index (χ2v) is 5.96. The molecule has 0 aromatic heterocycles. The molecule has 2 N–H and O–H groups in total. The third-order valence-electron chi connectivity index (χ3n) is 3.10. The van der Waals surface area contributed by atoms with Crippen LogP contribution in [0.2, 0.25) is 5.02 Å². The van der Waals surface area contributed by atoms with Gasteiger partial charge in [0.1, 0.15) is 0 Å². The fraction of sp³-hybridized carbons (Fsp3) is 0.188. The maximum Gasteiger partial charge on any atom is 0.0672 e. The van der Waals surface area contributed by atoms with Crippen molar-refractivity contribution in [3.8, 4) is 0 Å². The van der Waals surface area contributed by atoms with Crippen molar-refractivity contribution in [1.29, 1.82) is 0 Å². The number of nitrogens with zero attached hydrogens (tertiary/aromatic N) is 2. The quantitative estimate of drug-likeness (QED) is 0.473. The lowest BCUT2D eigenvalue weighted by molar-refractivity contribution is 0.892. The van der Waals surface area contributed by atoms with Crippen molar-refractivity contribution in [1.82, 2.24) is 0 Å². The third-order valence-corrected chi connectivity index (χ3v) is 3.86. The molecule has 0 amide bonds. The number of rotatable bonds is 4. The smallest absolute Gasteiger partial charge is 0.0672 e. The maximum atomic E-state index is 6.04. The molecule has 0 saturated heterocycles. The molecule has 0 unspecified atom stereocenters. The Morgan fingerprint density at radius 3 is 2.52 bits per heavy atom. The summed E-state index contributed by atoms with van der Waals surface area (Å²) in [7, 11) is 0. The van der Waals surface area contributed by atoms with Crippen molar-refractivity contribution in [3.63, 3.8) is 0 Å². The van der Waals surface area contributed by atoms with Gasteiger partial charge >= 0.3 is 0 Å². The van der Waals surface area contributed by atoms with Gasteiger partial charge in [-0.3, -0.25) is 5.01 Å². The van der Waals surface area contributed by atoms with E-state index in [2.05, 4.69) is 28.0 Å². The summed E-state index contributed by atoms with van der Waals surface area (Å²) in [6.07, 6.45) is 0. The predicted molar refractivity (Wildman–Crippen MR) is 95.2 cm³/mol. The molecule has 0 fully saturated rings. The third kappa shape index (κ3) is 3.99. The molecular formula is C16H17BrClN3. The predicted octanol–water partition coefficient (Wildman–Crippen LogP) is 4.94. The Kier molecular flexibility index (Phi) is 5.26. The van der Waals surface area contributed by atoms with E-state index < -0.39 is 0 Å². The van der Waals surface area contributed by atoms with E-state index in [4.69, 9.17) is 17.3 Å². The Bertz CT molecular complexity index is 653. The minimum atomic E-state index is 0.653. The summed E-state index contributed by atoms with van der Waals surface area (Å²) in [4.78, 5) is 0. The fourth-order valence-electron chi connectivity index (χ4n) is 2.00. The van der Waals surface area contributed by atoms with Crippen LogP contribution in [0.1, 0.15) is 19.4 Å². The molecule has 0 aliphatic rings. The normalized spacial score (nSPS) is 11.5. The Morgan fingerprint density at radius 1 is 1.24 bits per heavy atom. The van der Waals surface area contributed by atoms with Crippen molar-refractivity contribution in [2.45, 2.75) is 13.8 Å². The standard InChI is InChI=1S/C16H17BrClN3/c1-3-21(14-7-4-12(17)5-8-14)20-11(2)15-10-13(18)6-9-16(15)19/h4-10H,3,19H2,1-2H3/b20-11+. The number of nitrogens with two attached hydrogens (primary N) is 1. The molecule has 21 heavy (non-hydrogen) atoms. The minimum absolute atomic E-state index is 0.653. The van der Waals surface area contributed by atoms with Gasteiger partial charge in [-0.1, -0.05) is 27.5 Å². The van der Waals surface area contributed by atoms with Crippen molar-refractivity contribution in [2.75, 3.05) is 17.3 Å². The second-order valence-electron chi connectivity index (χ2n) is 4.61. The first-order valence-corrected chi connectivity index (χ1v) is 7.82. The molecule has 0 heterocycles. The highest BCUT2D eigenvalue weighted by Crippen LogP contribution is 2.22. The second kappa shape index (κ2) is 6.96. The lowest BCUT2D eigenvalue weighted by Gasteiger charge is -2.19. The SMILES string of the molecule is CCN(/N=C(\C)c1cc(Cl)ccc1N)c1ccc(Br)cc1. The van der Waals surface area contributed by atoms with E-state index in [1.54, 1.807) is 12.1 Å². The zero-order valence-electron chi connectivity index (χ0n) is 12.0. The van der Waals surface area contributed by atoms with E-state index >= 15 is 0 Å². The summed E-state index contributed by atoms with van der Waals surface area (Å²) in [5, 5.41) is 7.25. The van der Waals surface area contributed by atoms with Crippen molar-refractivity contribution in [2.24, 2.45) is 5.10 Å². The number of nitrogen functional groups attached to an aromatic ring is 1. The van der Waals surface area contributed by atoms with Gasteiger partial charge in [0.25, 0.3) is 0 Å². The van der Waals surface area contributed by atoms with Crippen LogP contribution in [0.3, 0.4) is 0 Å². The van der Waals surface area contributed by atoms with Crippen LogP contribution in [-0.4, -0.2) is 12.3 Å². The summed E-state index contributed by atoms with van der Waals surface area (Å²) >= 11 is 9.47. The van der Waals surface area contributed by atoms with Gasteiger partial charge in [-0.05, 0) is 56.3 Å². The number of hydrogen-bond acceptors (Lipinski definition) is 3. The number of anilines is 2. The molecule has 0 saturated carbocycles. The monoisotopic (exact) mass is 365 g/mol. The van der Waals surface area contributed by atoms with Crippen molar-refractivity contribution >= 4 is 44.6 Å². The molecule has 2 rings (SSSR count). The molecule has 0 aliphatic heterocycles. The molecule has 2 aromatic carbocycles. The average Bonchev–Trinajstić information content (AvgIpc) is 2.48. The lowest BCUT2D eigenvalue weighted by atomic mass is 10.1. The van der Waals surface area contributed by atoms with E-state index in [9.17, 15) is 0 Å². The van der Waals surface area contributed by atoms with Crippen molar-refractivity contribution in [3.05, 3.63) is 57.5 Å². The van der Waals surface area contributed by atoms with Crippen LogP contribution in [0.5, 0.6) is 0 Å². The first kappa shape index (κ1) is 15.9. The van der Waals surface area contributed by atoms with E-state index in [0.29, 0.717) is 10.7 Å². The highest BCUT2D eigenvalue weighted by Gasteiger charge is 2.08. The highest BCUT2D eigenvalue weighted by molar-refractivity contribution is 9.10. The molecule has 0 spiro atoms.